The van der Waals surface area contributed by atoms with Crippen LogP contribution >= 0.6 is 0 Å². The van der Waals surface area contributed by atoms with Gasteiger partial charge in [0.15, 0.2) is 0 Å². The lowest BCUT2D eigenvalue weighted by molar-refractivity contribution is 0.873. The summed E-state index contributed by atoms with van der Waals surface area (Å²) in [5.41, 5.74) is 1.68. The Balaban J connectivity index is 1.88. The Labute approximate surface area is 119 Å². The average molecular weight is 276 g/mol. The molecule has 0 spiro atoms. The highest BCUT2D eigenvalue weighted by atomic mass is 16.1. The van der Waals surface area contributed by atoms with Crippen molar-refractivity contribution in [2.45, 2.75) is 6.42 Å². The number of nitrogens with one attached hydrogen (secondary N) is 1. The van der Waals surface area contributed by atoms with Crippen LogP contribution in [0.4, 0.5) is 0 Å². The molecule has 2 heterocycles. The third-order valence-electron chi connectivity index (χ3n) is 3.45. The van der Waals surface area contributed by atoms with Gasteiger partial charge in [0.1, 0.15) is 5.82 Å². The van der Waals surface area contributed by atoms with Gasteiger partial charge in [0.2, 0.25) is 0 Å². The molecule has 2 aromatic heterocycles. The summed E-state index contributed by atoms with van der Waals surface area (Å²) in [6, 6.07) is 17.3. The summed E-state index contributed by atoms with van der Waals surface area (Å²) in [5, 5.41) is 3.62. The molecule has 0 atom stereocenters. The van der Waals surface area contributed by atoms with Crippen LogP contribution in [0.1, 0.15) is 11.4 Å². The maximum absolute atomic E-state index is 12.4. The lowest BCUT2D eigenvalue weighted by Crippen LogP contribution is -2.15. The van der Waals surface area contributed by atoms with E-state index in [0.29, 0.717) is 23.1 Å². The van der Waals surface area contributed by atoms with E-state index in [9.17, 15) is 4.79 Å². The monoisotopic (exact) mass is 276 g/mol. The lowest BCUT2D eigenvalue weighted by Gasteiger charge is -1.96. The zero-order valence-corrected chi connectivity index (χ0v) is 11.2. The maximum Gasteiger partial charge on any atom is 0.281 e. The molecule has 21 heavy (non-hydrogen) atoms. The Morgan fingerprint density at radius 3 is 2.57 bits per heavy atom. The molecule has 5 heteroatoms. The van der Waals surface area contributed by atoms with Crippen LogP contribution < -0.4 is 5.56 Å². The van der Waals surface area contributed by atoms with Crippen LogP contribution in [0.15, 0.2) is 59.4 Å². The van der Waals surface area contributed by atoms with Gasteiger partial charge < -0.3 is 0 Å². The van der Waals surface area contributed by atoms with E-state index in [2.05, 4.69) is 15.1 Å². The van der Waals surface area contributed by atoms with E-state index in [4.69, 9.17) is 0 Å². The first kappa shape index (κ1) is 11.8. The molecule has 4 rings (SSSR count). The second-order valence-corrected chi connectivity index (χ2v) is 4.90. The Kier molecular flexibility index (Phi) is 2.57. The fourth-order valence-electron chi connectivity index (χ4n) is 2.44. The van der Waals surface area contributed by atoms with E-state index >= 15 is 0 Å². The van der Waals surface area contributed by atoms with E-state index < -0.39 is 0 Å². The number of para-hydroxylation sites is 1. The molecule has 0 amide bonds. The molecular weight excluding hydrogens is 264 g/mol. The first-order chi connectivity index (χ1) is 10.3. The van der Waals surface area contributed by atoms with E-state index in [0.717, 1.165) is 11.4 Å². The standard InChI is InChI=1S/C16H12N4O/c21-15-12-8-4-5-9-13(12)17-16-18-14(19-20(15)16)10-11-6-2-1-3-7-11/h1-9H,10H2,(H,17,18,19). The highest BCUT2D eigenvalue weighted by Gasteiger charge is 2.09. The van der Waals surface area contributed by atoms with Crippen molar-refractivity contribution in [1.82, 2.24) is 19.6 Å². The second kappa shape index (κ2) is 4.56. The van der Waals surface area contributed by atoms with Gasteiger partial charge in [0, 0.05) is 6.42 Å². The van der Waals surface area contributed by atoms with Crippen LogP contribution in [0, 0.1) is 0 Å². The molecule has 5 nitrogen and oxygen atoms in total. The summed E-state index contributed by atoms with van der Waals surface area (Å²) in [7, 11) is 0. The Hall–Kier alpha value is -2.95. The number of H-pyrrole nitrogens is 1. The zero-order chi connectivity index (χ0) is 14.2. The Morgan fingerprint density at radius 1 is 0.952 bits per heavy atom. The highest BCUT2D eigenvalue weighted by Crippen LogP contribution is 2.09. The van der Waals surface area contributed by atoms with Crippen molar-refractivity contribution in [3.63, 3.8) is 0 Å². The molecule has 0 saturated heterocycles. The summed E-state index contributed by atoms with van der Waals surface area (Å²) in [6.45, 7) is 0. The summed E-state index contributed by atoms with van der Waals surface area (Å²) in [6.07, 6.45) is 0.639. The molecule has 0 aliphatic carbocycles. The van der Waals surface area contributed by atoms with E-state index in [-0.39, 0.29) is 5.56 Å². The summed E-state index contributed by atoms with van der Waals surface area (Å²) in [4.78, 5) is 21.2. The van der Waals surface area contributed by atoms with Gasteiger partial charge in [0.25, 0.3) is 11.3 Å². The van der Waals surface area contributed by atoms with Crippen LogP contribution in [0.3, 0.4) is 0 Å². The number of rotatable bonds is 2. The molecule has 2 aromatic carbocycles. The normalized spacial score (nSPS) is 11.2. The molecule has 1 N–H and O–H groups in total. The summed E-state index contributed by atoms with van der Waals surface area (Å²) < 4.78 is 1.40. The van der Waals surface area contributed by atoms with Crippen LogP contribution in [0.2, 0.25) is 0 Å². The third kappa shape index (κ3) is 1.99. The van der Waals surface area contributed by atoms with Gasteiger partial charge in [-0.3, -0.25) is 9.89 Å². The van der Waals surface area contributed by atoms with Gasteiger partial charge in [-0.15, -0.1) is 0 Å². The number of aromatic nitrogens is 4. The second-order valence-electron chi connectivity index (χ2n) is 4.90. The molecule has 0 radical (unpaired) electrons. The van der Waals surface area contributed by atoms with Gasteiger partial charge in [-0.05, 0) is 17.7 Å². The van der Waals surface area contributed by atoms with Gasteiger partial charge in [-0.2, -0.15) is 9.50 Å². The SMILES string of the molecule is O=c1c2ccccc2nc2nc(Cc3ccccc3)[nH]n12. The van der Waals surface area contributed by atoms with Gasteiger partial charge in [0.05, 0.1) is 10.9 Å². The van der Waals surface area contributed by atoms with Crippen molar-refractivity contribution in [3.8, 4) is 0 Å². The minimum Gasteiger partial charge on any atom is -0.275 e. The van der Waals surface area contributed by atoms with Gasteiger partial charge in [-0.25, -0.2) is 4.98 Å². The van der Waals surface area contributed by atoms with Crippen molar-refractivity contribution in [2.75, 3.05) is 0 Å². The third-order valence-corrected chi connectivity index (χ3v) is 3.45. The van der Waals surface area contributed by atoms with Crippen molar-refractivity contribution in [2.24, 2.45) is 0 Å². The number of aromatic amines is 1. The van der Waals surface area contributed by atoms with Crippen molar-refractivity contribution >= 4 is 16.7 Å². The largest absolute Gasteiger partial charge is 0.281 e. The smallest absolute Gasteiger partial charge is 0.275 e. The van der Waals surface area contributed by atoms with E-state index in [1.54, 1.807) is 6.07 Å². The summed E-state index contributed by atoms with van der Waals surface area (Å²) in [5.74, 6) is 1.13. The molecule has 0 aliphatic heterocycles. The average Bonchev–Trinajstić information content (AvgIpc) is 2.91. The van der Waals surface area contributed by atoms with Crippen LogP contribution in [0.5, 0.6) is 0 Å². The molecule has 0 unspecified atom stereocenters. The summed E-state index contributed by atoms with van der Waals surface area (Å²) >= 11 is 0. The minimum absolute atomic E-state index is 0.123. The molecule has 0 aliphatic rings. The molecule has 0 fully saturated rings. The maximum atomic E-state index is 12.4. The molecule has 4 aromatic rings. The Bertz CT molecular complexity index is 985. The number of hydrogen-bond acceptors (Lipinski definition) is 3. The molecule has 102 valence electrons. The van der Waals surface area contributed by atoms with Crippen molar-refractivity contribution in [3.05, 3.63) is 76.3 Å². The van der Waals surface area contributed by atoms with Crippen molar-refractivity contribution < 1.29 is 0 Å². The van der Waals surface area contributed by atoms with Crippen molar-refractivity contribution in [1.29, 1.82) is 0 Å². The molecule has 0 bridgehead atoms. The van der Waals surface area contributed by atoms with E-state index in [1.165, 1.54) is 4.52 Å². The number of benzene rings is 2. The molecule has 0 saturated carbocycles. The van der Waals surface area contributed by atoms with Gasteiger partial charge >= 0.3 is 0 Å². The quantitative estimate of drug-likeness (QED) is 0.610. The van der Waals surface area contributed by atoms with Crippen LogP contribution in [0.25, 0.3) is 16.7 Å². The number of hydrogen-bond donors (Lipinski definition) is 1. The highest BCUT2D eigenvalue weighted by molar-refractivity contribution is 5.78. The van der Waals surface area contributed by atoms with Gasteiger partial charge in [-0.1, -0.05) is 42.5 Å². The first-order valence-corrected chi connectivity index (χ1v) is 6.71. The van der Waals surface area contributed by atoms with Crippen LogP contribution in [-0.2, 0) is 6.42 Å². The lowest BCUT2D eigenvalue weighted by atomic mass is 10.1. The zero-order valence-electron chi connectivity index (χ0n) is 11.2. The van der Waals surface area contributed by atoms with E-state index in [1.807, 2.05) is 48.5 Å². The molecular formula is C16H12N4O. The Morgan fingerprint density at radius 2 is 1.71 bits per heavy atom. The fourth-order valence-corrected chi connectivity index (χ4v) is 2.44. The fraction of sp³-hybridized carbons (Fsp3) is 0.0625. The predicted molar refractivity (Wildman–Crippen MR) is 80.4 cm³/mol. The number of fused-ring (bicyclic) bond motifs is 2. The number of nitrogens with zero attached hydrogens (tertiary/aromatic N) is 3. The topological polar surface area (TPSA) is 63.0 Å². The predicted octanol–water partition coefficient (Wildman–Crippen LogP) is 2.16. The van der Waals surface area contributed by atoms with Crippen LogP contribution in [-0.4, -0.2) is 19.6 Å². The first-order valence-electron chi connectivity index (χ1n) is 6.71. The minimum atomic E-state index is -0.123.